The van der Waals surface area contributed by atoms with Crippen molar-refractivity contribution < 1.29 is 9.53 Å². The van der Waals surface area contributed by atoms with E-state index in [1.165, 1.54) is 24.0 Å². The molecule has 126 valence electrons. The molecular formula is C21H25NO2. The second-order valence-electron chi connectivity index (χ2n) is 6.54. The van der Waals surface area contributed by atoms with Crippen LogP contribution >= 0.6 is 0 Å². The molecule has 1 aliphatic carbocycles. The Balaban J connectivity index is 1.60. The maximum Gasteiger partial charge on any atom is 0.261 e. The van der Waals surface area contributed by atoms with Crippen LogP contribution in [-0.4, -0.2) is 12.0 Å². The van der Waals surface area contributed by atoms with Gasteiger partial charge >= 0.3 is 0 Å². The number of nitrogens with one attached hydrogen (secondary N) is 1. The molecule has 0 saturated carbocycles. The molecule has 1 N–H and O–H groups in total. The molecule has 0 spiro atoms. The number of rotatable bonds is 5. The van der Waals surface area contributed by atoms with Gasteiger partial charge in [0, 0.05) is 0 Å². The summed E-state index contributed by atoms with van der Waals surface area (Å²) in [6.07, 6.45) is 4.25. The third-order valence-corrected chi connectivity index (χ3v) is 4.66. The molecule has 3 rings (SSSR count). The van der Waals surface area contributed by atoms with Crippen LogP contribution < -0.4 is 10.1 Å². The van der Waals surface area contributed by atoms with E-state index < -0.39 is 6.10 Å². The topological polar surface area (TPSA) is 38.3 Å². The fraction of sp³-hybridized carbons (Fsp3) is 0.381. The second-order valence-corrected chi connectivity index (χ2v) is 6.54. The quantitative estimate of drug-likeness (QED) is 0.895. The van der Waals surface area contributed by atoms with E-state index in [1.807, 2.05) is 43.3 Å². The minimum Gasteiger partial charge on any atom is -0.481 e. The molecule has 0 fully saturated rings. The standard InChI is InChI=1S/C21H25NO2/c1-15(17-8-4-3-5-9-17)22-21(23)16(2)24-20-13-12-18-10-6-7-11-19(18)14-20/h3-5,8-9,12-16H,6-7,10-11H2,1-2H3,(H,22,23)/t15-,16?/m0/s1. The zero-order valence-electron chi connectivity index (χ0n) is 14.4. The molecule has 2 aromatic carbocycles. The largest absolute Gasteiger partial charge is 0.481 e. The molecule has 0 aromatic heterocycles. The fourth-order valence-electron chi connectivity index (χ4n) is 3.20. The van der Waals surface area contributed by atoms with Crippen LogP contribution in [0.1, 0.15) is 49.4 Å². The van der Waals surface area contributed by atoms with Crippen LogP contribution in [0.5, 0.6) is 5.75 Å². The minimum absolute atomic E-state index is 0.0340. The van der Waals surface area contributed by atoms with Crippen LogP contribution in [0.2, 0.25) is 0 Å². The summed E-state index contributed by atoms with van der Waals surface area (Å²) in [5.41, 5.74) is 3.87. The SMILES string of the molecule is CC(Oc1ccc2c(c1)CCCC2)C(=O)N[C@@H](C)c1ccccc1. The molecule has 1 aliphatic rings. The third kappa shape index (κ3) is 3.97. The molecule has 24 heavy (non-hydrogen) atoms. The number of benzene rings is 2. The van der Waals surface area contributed by atoms with Gasteiger partial charge in [0.15, 0.2) is 6.10 Å². The Morgan fingerprint density at radius 1 is 1.00 bits per heavy atom. The van der Waals surface area contributed by atoms with Gasteiger partial charge in [-0.25, -0.2) is 0 Å². The fourth-order valence-corrected chi connectivity index (χ4v) is 3.20. The van der Waals surface area contributed by atoms with Crippen molar-refractivity contribution in [2.24, 2.45) is 0 Å². The first-order chi connectivity index (χ1) is 11.6. The number of fused-ring (bicyclic) bond motifs is 1. The van der Waals surface area contributed by atoms with E-state index in [9.17, 15) is 4.79 Å². The average molecular weight is 323 g/mol. The van der Waals surface area contributed by atoms with Crippen molar-refractivity contribution in [1.29, 1.82) is 0 Å². The lowest BCUT2D eigenvalue weighted by Crippen LogP contribution is -2.37. The van der Waals surface area contributed by atoms with Gasteiger partial charge in [-0.05, 0) is 68.4 Å². The van der Waals surface area contributed by atoms with E-state index >= 15 is 0 Å². The predicted molar refractivity (Wildman–Crippen MR) is 96.2 cm³/mol. The first-order valence-electron chi connectivity index (χ1n) is 8.77. The zero-order valence-corrected chi connectivity index (χ0v) is 14.4. The highest BCUT2D eigenvalue weighted by Gasteiger charge is 2.18. The molecule has 0 saturated heterocycles. The van der Waals surface area contributed by atoms with Crippen molar-refractivity contribution in [1.82, 2.24) is 5.32 Å². The van der Waals surface area contributed by atoms with Crippen molar-refractivity contribution in [2.45, 2.75) is 51.7 Å². The highest BCUT2D eigenvalue weighted by Crippen LogP contribution is 2.26. The van der Waals surface area contributed by atoms with Gasteiger partial charge < -0.3 is 10.1 Å². The van der Waals surface area contributed by atoms with Crippen LogP contribution in [0.3, 0.4) is 0 Å². The van der Waals surface area contributed by atoms with Gasteiger partial charge in [-0.15, -0.1) is 0 Å². The lowest BCUT2D eigenvalue weighted by molar-refractivity contribution is -0.127. The first kappa shape index (κ1) is 16.6. The maximum atomic E-state index is 12.4. The number of ether oxygens (including phenoxy) is 1. The highest BCUT2D eigenvalue weighted by molar-refractivity contribution is 5.81. The van der Waals surface area contributed by atoms with Crippen molar-refractivity contribution in [3.05, 3.63) is 65.2 Å². The van der Waals surface area contributed by atoms with Gasteiger partial charge in [-0.3, -0.25) is 4.79 Å². The summed E-state index contributed by atoms with van der Waals surface area (Å²) in [6, 6.07) is 16.1. The molecule has 3 heteroatoms. The molecule has 0 bridgehead atoms. The molecule has 0 radical (unpaired) electrons. The van der Waals surface area contributed by atoms with Crippen LogP contribution in [0.4, 0.5) is 0 Å². The van der Waals surface area contributed by atoms with E-state index in [4.69, 9.17) is 4.74 Å². The molecule has 1 amide bonds. The summed E-state index contributed by atoms with van der Waals surface area (Å²) in [6.45, 7) is 3.78. The molecule has 3 nitrogen and oxygen atoms in total. The lowest BCUT2D eigenvalue weighted by Gasteiger charge is -2.21. The van der Waals surface area contributed by atoms with Crippen molar-refractivity contribution in [3.8, 4) is 5.75 Å². The van der Waals surface area contributed by atoms with E-state index in [1.54, 1.807) is 6.92 Å². The summed E-state index contributed by atoms with van der Waals surface area (Å²) in [5.74, 6) is 0.690. The number of carbonyl (C=O) groups is 1. The molecule has 0 aliphatic heterocycles. The molecule has 1 unspecified atom stereocenters. The van der Waals surface area contributed by atoms with Gasteiger partial charge in [0.2, 0.25) is 0 Å². The smallest absolute Gasteiger partial charge is 0.261 e. The highest BCUT2D eigenvalue weighted by atomic mass is 16.5. The summed E-state index contributed by atoms with van der Waals surface area (Å²) in [5, 5.41) is 3.01. The number of hydrogen-bond donors (Lipinski definition) is 1. The summed E-state index contributed by atoms with van der Waals surface area (Å²) < 4.78 is 5.87. The van der Waals surface area contributed by atoms with Crippen LogP contribution in [0.15, 0.2) is 48.5 Å². The third-order valence-electron chi connectivity index (χ3n) is 4.66. The molecule has 2 atom stereocenters. The predicted octanol–water partition coefficient (Wildman–Crippen LogP) is 4.21. The van der Waals surface area contributed by atoms with Crippen molar-refractivity contribution in [3.63, 3.8) is 0 Å². The van der Waals surface area contributed by atoms with E-state index in [0.717, 1.165) is 24.2 Å². The van der Waals surface area contributed by atoms with Gasteiger partial charge in [0.1, 0.15) is 5.75 Å². The van der Waals surface area contributed by atoms with Gasteiger partial charge in [0.05, 0.1) is 6.04 Å². The Bertz CT molecular complexity index is 696. The summed E-state index contributed by atoms with van der Waals surface area (Å²) in [7, 11) is 0. The summed E-state index contributed by atoms with van der Waals surface area (Å²) in [4.78, 5) is 12.4. The van der Waals surface area contributed by atoms with Crippen LogP contribution in [0, 0.1) is 0 Å². The van der Waals surface area contributed by atoms with Gasteiger partial charge in [0.25, 0.3) is 5.91 Å². The van der Waals surface area contributed by atoms with Crippen LogP contribution in [0.25, 0.3) is 0 Å². The summed E-state index contributed by atoms with van der Waals surface area (Å²) >= 11 is 0. The van der Waals surface area contributed by atoms with E-state index in [-0.39, 0.29) is 11.9 Å². The van der Waals surface area contributed by atoms with Gasteiger partial charge in [-0.2, -0.15) is 0 Å². The minimum atomic E-state index is -0.516. The zero-order chi connectivity index (χ0) is 16.9. The Hall–Kier alpha value is -2.29. The molecule has 0 heterocycles. The number of aryl methyl sites for hydroxylation is 2. The monoisotopic (exact) mass is 323 g/mol. The number of amides is 1. The van der Waals surface area contributed by atoms with E-state index in [0.29, 0.717) is 0 Å². The van der Waals surface area contributed by atoms with Crippen LogP contribution in [-0.2, 0) is 17.6 Å². The first-order valence-corrected chi connectivity index (χ1v) is 8.77. The van der Waals surface area contributed by atoms with Gasteiger partial charge in [-0.1, -0.05) is 36.4 Å². The van der Waals surface area contributed by atoms with Crippen molar-refractivity contribution >= 4 is 5.91 Å². The molecule has 2 aromatic rings. The van der Waals surface area contributed by atoms with Crippen molar-refractivity contribution in [2.75, 3.05) is 0 Å². The maximum absolute atomic E-state index is 12.4. The normalized spacial score (nSPS) is 15.9. The lowest BCUT2D eigenvalue weighted by atomic mass is 9.92. The number of hydrogen-bond acceptors (Lipinski definition) is 2. The average Bonchev–Trinajstić information content (AvgIpc) is 2.62. The Labute approximate surface area is 144 Å². The van der Waals surface area contributed by atoms with E-state index in [2.05, 4.69) is 17.4 Å². The Kier molecular flexibility index (Phi) is 5.19. The Morgan fingerprint density at radius 2 is 1.71 bits per heavy atom. The number of carbonyl (C=O) groups excluding carboxylic acids is 1. The molecular weight excluding hydrogens is 298 g/mol. The Morgan fingerprint density at radius 3 is 2.46 bits per heavy atom. The second kappa shape index (κ2) is 7.52.